The molecule has 128 valence electrons. The second kappa shape index (κ2) is 7.44. The topological polar surface area (TPSA) is 59.8 Å². The van der Waals surface area contributed by atoms with Crippen LogP contribution in [0.5, 0.6) is 0 Å². The van der Waals surface area contributed by atoms with Gasteiger partial charge in [0, 0.05) is 17.1 Å². The SMILES string of the molecule is Cc1c(C(=O)NCc2ccccc2Cl)nnn1Cc1ccccc1F. The van der Waals surface area contributed by atoms with Gasteiger partial charge in [-0.15, -0.1) is 5.10 Å². The van der Waals surface area contributed by atoms with E-state index in [1.54, 1.807) is 31.2 Å². The maximum absolute atomic E-state index is 13.8. The number of benzene rings is 2. The molecule has 0 saturated carbocycles. The highest BCUT2D eigenvalue weighted by molar-refractivity contribution is 6.31. The Labute approximate surface area is 149 Å². The Hall–Kier alpha value is -2.73. The van der Waals surface area contributed by atoms with Gasteiger partial charge in [-0.25, -0.2) is 9.07 Å². The third-order valence-electron chi connectivity index (χ3n) is 3.87. The van der Waals surface area contributed by atoms with Gasteiger partial charge in [0.05, 0.1) is 12.2 Å². The van der Waals surface area contributed by atoms with Crippen molar-refractivity contribution in [3.8, 4) is 0 Å². The fourth-order valence-corrected chi connectivity index (χ4v) is 2.61. The fraction of sp³-hybridized carbons (Fsp3) is 0.167. The summed E-state index contributed by atoms with van der Waals surface area (Å²) in [5, 5.41) is 11.2. The molecule has 1 heterocycles. The zero-order valence-electron chi connectivity index (χ0n) is 13.5. The van der Waals surface area contributed by atoms with E-state index in [2.05, 4.69) is 15.6 Å². The molecular weight excluding hydrogens is 343 g/mol. The number of aromatic nitrogens is 3. The van der Waals surface area contributed by atoms with Crippen molar-refractivity contribution in [1.82, 2.24) is 20.3 Å². The van der Waals surface area contributed by atoms with E-state index in [1.165, 1.54) is 10.7 Å². The minimum atomic E-state index is -0.350. The van der Waals surface area contributed by atoms with Gasteiger partial charge < -0.3 is 5.32 Å². The highest BCUT2D eigenvalue weighted by atomic mass is 35.5. The van der Waals surface area contributed by atoms with Gasteiger partial charge in [0.1, 0.15) is 5.82 Å². The third-order valence-corrected chi connectivity index (χ3v) is 4.24. The number of carbonyl (C=O) groups excluding carboxylic acids is 1. The lowest BCUT2D eigenvalue weighted by molar-refractivity contribution is 0.0945. The average molecular weight is 359 g/mol. The van der Waals surface area contributed by atoms with E-state index in [-0.39, 0.29) is 30.5 Å². The van der Waals surface area contributed by atoms with Gasteiger partial charge in [-0.1, -0.05) is 53.2 Å². The Morgan fingerprint density at radius 2 is 1.84 bits per heavy atom. The number of hydrogen-bond acceptors (Lipinski definition) is 3. The molecule has 25 heavy (non-hydrogen) atoms. The Bertz CT molecular complexity index is 910. The van der Waals surface area contributed by atoms with Crippen LogP contribution < -0.4 is 5.32 Å². The first-order chi connectivity index (χ1) is 12.1. The van der Waals surface area contributed by atoms with Crippen LogP contribution in [-0.2, 0) is 13.1 Å². The molecule has 0 bridgehead atoms. The molecule has 1 N–H and O–H groups in total. The lowest BCUT2D eigenvalue weighted by Crippen LogP contribution is -2.24. The van der Waals surface area contributed by atoms with Gasteiger partial charge in [0.25, 0.3) is 5.91 Å². The molecule has 0 spiro atoms. The number of nitrogens with one attached hydrogen (secondary N) is 1. The van der Waals surface area contributed by atoms with Gasteiger partial charge in [0.2, 0.25) is 0 Å². The van der Waals surface area contributed by atoms with Crippen molar-refractivity contribution in [3.63, 3.8) is 0 Å². The van der Waals surface area contributed by atoms with Crippen LogP contribution in [0, 0.1) is 12.7 Å². The van der Waals surface area contributed by atoms with Crippen molar-refractivity contribution >= 4 is 17.5 Å². The van der Waals surface area contributed by atoms with Crippen molar-refractivity contribution in [1.29, 1.82) is 0 Å². The number of amides is 1. The molecule has 1 aromatic heterocycles. The Morgan fingerprint density at radius 3 is 2.56 bits per heavy atom. The summed E-state index contributed by atoms with van der Waals surface area (Å²) in [5.74, 6) is -0.667. The molecule has 0 fully saturated rings. The van der Waals surface area contributed by atoms with Gasteiger partial charge in [-0.05, 0) is 24.6 Å². The molecule has 2 aromatic carbocycles. The van der Waals surface area contributed by atoms with Crippen LogP contribution in [0.4, 0.5) is 4.39 Å². The van der Waals surface area contributed by atoms with Crippen LogP contribution >= 0.6 is 11.6 Å². The molecule has 7 heteroatoms. The lowest BCUT2D eigenvalue weighted by atomic mass is 10.2. The maximum atomic E-state index is 13.8. The summed E-state index contributed by atoms with van der Waals surface area (Å²) in [7, 11) is 0. The predicted octanol–water partition coefficient (Wildman–Crippen LogP) is 3.36. The van der Waals surface area contributed by atoms with E-state index in [0.29, 0.717) is 16.3 Å². The molecule has 5 nitrogen and oxygen atoms in total. The standard InChI is InChI=1S/C18H16ClFN4O/c1-12-17(18(25)21-10-13-6-2-4-8-15(13)19)22-23-24(12)11-14-7-3-5-9-16(14)20/h2-9H,10-11H2,1H3,(H,21,25). The summed E-state index contributed by atoms with van der Waals surface area (Å²) >= 11 is 6.08. The second-order valence-electron chi connectivity index (χ2n) is 5.55. The normalized spacial score (nSPS) is 10.7. The van der Waals surface area contributed by atoms with E-state index in [9.17, 15) is 9.18 Å². The van der Waals surface area contributed by atoms with E-state index >= 15 is 0 Å². The molecule has 3 rings (SSSR count). The molecule has 3 aromatic rings. The van der Waals surface area contributed by atoms with Crippen LogP contribution in [0.25, 0.3) is 0 Å². The minimum Gasteiger partial charge on any atom is -0.346 e. The largest absolute Gasteiger partial charge is 0.346 e. The number of rotatable bonds is 5. The zero-order valence-corrected chi connectivity index (χ0v) is 14.3. The maximum Gasteiger partial charge on any atom is 0.274 e. The van der Waals surface area contributed by atoms with Gasteiger partial charge in [-0.3, -0.25) is 4.79 Å². The smallest absolute Gasteiger partial charge is 0.274 e. The molecule has 0 aliphatic heterocycles. The number of hydrogen-bond donors (Lipinski definition) is 1. The Morgan fingerprint density at radius 1 is 1.16 bits per heavy atom. The minimum absolute atomic E-state index is 0.211. The molecule has 1 amide bonds. The van der Waals surface area contributed by atoms with Gasteiger partial charge in [0.15, 0.2) is 5.69 Å². The molecule has 0 radical (unpaired) electrons. The Balaban J connectivity index is 1.71. The lowest BCUT2D eigenvalue weighted by Gasteiger charge is -2.07. The number of halogens is 2. The van der Waals surface area contributed by atoms with Gasteiger partial charge in [-0.2, -0.15) is 0 Å². The van der Waals surface area contributed by atoms with Crippen LogP contribution in [0.2, 0.25) is 5.02 Å². The highest BCUT2D eigenvalue weighted by Gasteiger charge is 2.17. The molecule has 0 unspecified atom stereocenters. The summed E-state index contributed by atoms with van der Waals surface area (Å²) in [4.78, 5) is 12.3. The number of carbonyl (C=O) groups is 1. The summed E-state index contributed by atoms with van der Waals surface area (Å²) in [6.07, 6.45) is 0. The fourth-order valence-electron chi connectivity index (χ4n) is 2.41. The summed E-state index contributed by atoms with van der Waals surface area (Å²) in [6.45, 7) is 2.23. The Kier molecular flexibility index (Phi) is 5.09. The van der Waals surface area contributed by atoms with Crippen molar-refractivity contribution in [3.05, 3.63) is 81.9 Å². The summed E-state index contributed by atoms with van der Waals surface area (Å²) in [5.41, 5.74) is 2.08. The van der Waals surface area contributed by atoms with Crippen LogP contribution in [0.15, 0.2) is 48.5 Å². The monoisotopic (exact) mass is 358 g/mol. The summed E-state index contributed by atoms with van der Waals surface area (Å²) in [6, 6.07) is 13.7. The van der Waals surface area contributed by atoms with Crippen molar-refractivity contribution in [2.24, 2.45) is 0 Å². The molecule has 0 aliphatic rings. The molecule has 0 aliphatic carbocycles. The van der Waals surface area contributed by atoms with Crippen molar-refractivity contribution in [2.45, 2.75) is 20.0 Å². The van der Waals surface area contributed by atoms with Crippen LogP contribution in [0.1, 0.15) is 27.3 Å². The molecule has 0 saturated heterocycles. The quantitative estimate of drug-likeness (QED) is 0.760. The molecule has 0 atom stereocenters. The van der Waals surface area contributed by atoms with E-state index in [0.717, 1.165) is 5.56 Å². The third kappa shape index (κ3) is 3.85. The average Bonchev–Trinajstić information content (AvgIpc) is 2.97. The van der Waals surface area contributed by atoms with Crippen LogP contribution in [-0.4, -0.2) is 20.9 Å². The van der Waals surface area contributed by atoms with E-state index in [1.807, 2.05) is 18.2 Å². The van der Waals surface area contributed by atoms with Crippen LogP contribution in [0.3, 0.4) is 0 Å². The first-order valence-electron chi connectivity index (χ1n) is 7.71. The van der Waals surface area contributed by atoms with E-state index in [4.69, 9.17) is 11.6 Å². The predicted molar refractivity (Wildman–Crippen MR) is 92.9 cm³/mol. The summed E-state index contributed by atoms with van der Waals surface area (Å²) < 4.78 is 15.3. The van der Waals surface area contributed by atoms with E-state index < -0.39 is 0 Å². The van der Waals surface area contributed by atoms with Gasteiger partial charge >= 0.3 is 0 Å². The second-order valence-corrected chi connectivity index (χ2v) is 5.95. The van der Waals surface area contributed by atoms with Crippen molar-refractivity contribution < 1.29 is 9.18 Å². The first-order valence-corrected chi connectivity index (χ1v) is 8.09. The zero-order chi connectivity index (χ0) is 17.8. The first kappa shape index (κ1) is 17.1. The molecular formula is C18H16ClFN4O. The van der Waals surface area contributed by atoms with Crippen molar-refractivity contribution in [2.75, 3.05) is 0 Å². The number of nitrogens with zero attached hydrogens (tertiary/aromatic N) is 3. The highest BCUT2D eigenvalue weighted by Crippen LogP contribution is 2.15.